The molecule has 0 radical (unpaired) electrons. The first-order chi connectivity index (χ1) is 13.2. The van der Waals surface area contributed by atoms with Crippen LogP contribution in [0.15, 0.2) is 30.0 Å². The van der Waals surface area contributed by atoms with Gasteiger partial charge in [0.1, 0.15) is 0 Å². The highest BCUT2D eigenvalue weighted by Crippen LogP contribution is 2.38. The van der Waals surface area contributed by atoms with Gasteiger partial charge in [-0.25, -0.2) is 0 Å². The van der Waals surface area contributed by atoms with Gasteiger partial charge in [0.05, 0.1) is 13.2 Å². The van der Waals surface area contributed by atoms with Gasteiger partial charge in [0.25, 0.3) is 5.91 Å². The summed E-state index contributed by atoms with van der Waals surface area (Å²) in [6, 6.07) is 5.71. The van der Waals surface area contributed by atoms with Crippen LogP contribution in [-0.4, -0.2) is 43.9 Å². The molecule has 7 nitrogen and oxygen atoms in total. The van der Waals surface area contributed by atoms with E-state index in [1.165, 1.54) is 0 Å². The lowest BCUT2D eigenvalue weighted by atomic mass is 9.92. The van der Waals surface area contributed by atoms with Crippen molar-refractivity contribution in [2.75, 3.05) is 26.6 Å². The molecule has 144 valence electrons. The van der Waals surface area contributed by atoms with Crippen molar-refractivity contribution < 1.29 is 28.8 Å². The van der Waals surface area contributed by atoms with Crippen molar-refractivity contribution in [1.82, 2.24) is 5.32 Å². The van der Waals surface area contributed by atoms with Crippen molar-refractivity contribution in [3.63, 3.8) is 0 Å². The maximum Gasteiger partial charge on any atom is 0.286 e. The number of nitrogens with one attached hydrogen (secondary N) is 1. The molecular weight excluding hydrogens is 350 g/mol. The lowest BCUT2D eigenvalue weighted by molar-refractivity contribution is -0.146. The molecular formula is C20H23NO6. The number of allylic oxidation sites excluding steroid dienone is 1. The third kappa shape index (κ3) is 4.94. The Morgan fingerprint density at radius 2 is 2.19 bits per heavy atom. The Morgan fingerprint density at radius 1 is 1.33 bits per heavy atom. The fourth-order valence-corrected chi connectivity index (χ4v) is 2.94. The van der Waals surface area contributed by atoms with Crippen LogP contribution in [0.25, 0.3) is 0 Å². The molecule has 0 spiro atoms. The summed E-state index contributed by atoms with van der Waals surface area (Å²) in [5, 5.41) is 11.5. The second-order valence-electron chi connectivity index (χ2n) is 6.22. The second kappa shape index (κ2) is 9.31. The fourth-order valence-electron chi connectivity index (χ4n) is 2.94. The van der Waals surface area contributed by atoms with Crippen molar-refractivity contribution in [1.29, 1.82) is 0 Å². The molecule has 0 saturated carbocycles. The average Bonchev–Trinajstić information content (AvgIpc) is 3.17. The van der Waals surface area contributed by atoms with E-state index in [-0.39, 0.29) is 37.5 Å². The second-order valence-corrected chi connectivity index (χ2v) is 6.22. The Morgan fingerprint density at radius 3 is 3.00 bits per heavy atom. The van der Waals surface area contributed by atoms with Crippen LogP contribution < -0.4 is 14.8 Å². The minimum atomic E-state index is -0.560. The first kappa shape index (κ1) is 19.1. The van der Waals surface area contributed by atoms with E-state index >= 15 is 0 Å². The van der Waals surface area contributed by atoms with Crippen LogP contribution in [-0.2, 0) is 14.3 Å². The zero-order chi connectivity index (χ0) is 19.1. The molecule has 2 atom stereocenters. The lowest BCUT2D eigenvalue weighted by Gasteiger charge is -2.29. The van der Waals surface area contributed by atoms with E-state index in [2.05, 4.69) is 11.2 Å². The Balaban J connectivity index is 1.75. The van der Waals surface area contributed by atoms with Gasteiger partial charge in [-0.15, -0.1) is 6.42 Å². The Kier molecular flexibility index (Phi) is 6.58. The Bertz CT molecular complexity index is 738. The van der Waals surface area contributed by atoms with Gasteiger partial charge in [0.15, 0.2) is 17.3 Å². The van der Waals surface area contributed by atoms with E-state index < -0.39 is 6.29 Å². The van der Waals surface area contributed by atoms with E-state index in [1.54, 1.807) is 6.08 Å². The van der Waals surface area contributed by atoms with Gasteiger partial charge in [0, 0.05) is 18.9 Å². The summed E-state index contributed by atoms with van der Waals surface area (Å²) in [6.07, 6.45) is 8.35. The van der Waals surface area contributed by atoms with E-state index in [0.29, 0.717) is 37.4 Å². The Hall–Kier alpha value is -2.69. The summed E-state index contributed by atoms with van der Waals surface area (Å²) in [7, 11) is 0. The van der Waals surface area contributed by atoms with Crippen molar-refractivity contribution in [3.05, 3.63) is 35.6 Å². The van der Waals surface area contributed by atoms with Crippen LogP contribution >= 0.6 is 0 Å². The quantitative estimate of drug-likeness (QED) is 0.533. The van der Waals surface area contributed by atoms with Crippen LogP contribution in [0.3, 0.4) is 0 Å². The topological polar surface area (TPSA) is 86.3 Å². The van der Waals surface area contributed by atoms with Gasteiger partial charge in [-0.05, 0) is 36.6 Å². The summed E-state index contributed by atoms with van der Waals surface area (Å²) in [6.45, 7) is 0.891. The highest BCUT2D eigenvalue weighted by Gasteiger charge is 2.29. The first-order valence-electron chi connectivity index (χ1n) is 8.93. The number of terminal acetylenes is 1. The SMILES string of the molecule is C#CCNC(=O)C1=C[C@@H](c2ccc3c(c2)OCO3)C[C@@H](OCCCCO)O1. The van der Waals surface area contributed by atoms with Crippen LogP contribution in [0, 0.1) is 12.3 Å². The van der Waals surface area contributed by atoms with E-state index in [1.807, 2.05) is 18.2 Å². The molecule has 7 heteroatoms. The summed E-state index contributed by atoms with van der Waals surface area (Å²) in [4.78, 5) is 12.3. The molecule has 1 aromatic carbocycles. The number of hydrogen-bond donors (Lipinski definition) is 2. The smallest absolute Gasteiger partial charge is 0.286 e. The van der Waals surface area contributed by atoms with Crippen molar-refractivity contribution >= 4 is 5.91 Å². The van der Waals surface area contributed by atoms with Crippen LogP contribution in [0.5, 0.6) is 11.5 Å². The number of unbranched alkanes of at least 4 members (excludes halogenated alkanes) is 1. The maximum atomic E-state index is 12.3. The lowest BCUT2D eigenvalue weighted by Crippen LogP contribution is -2.33. The highest BCUT2D eigenvalue weighted by atomic mass is 16.7. The standard InChI is InChI=1S/C20H23NO6/c1-2-7-21-20(23)18-11-15(12-19(27-18)24-9-4-3-8-22)14-5-6-16-17(10-14)26-13-25-16/h1,5-6,10-11,15,19,22H,3-4,7-9,12-13H2,(H,21,23)/t15-,19+/m1/s1. The molecule has 27 heavy (non-hydrogen) atoms. The van der Waals surface area contributed by atoms with Gasteiger partial charge in [-0.1, -0.05) is 12.0 Å². The average molecular weight is 373 g/mol. The summed E-state index contributed by atoms with van der Waals surface area (Å²) >= 11 is 0. The number of fused-ring (bicyclic) bond motifs is 1. The molecule has 2 N–H and O–H groups in total. The van der Waals surface area contributed by atoms with Gasteiger partial charge in [0.2, 0.25) is 13.1 Å². The van der Waals surface area contributed by atoms with Gasteiger partial charge in [-0.2, -0.15) is 0 Å². The number of aliphatic hydroxyl groups excluding tert-OH is 1. The van der Waals surface area contributed by atoms with Gasteiger partial charge < -0.3 is 29.4 Å². The number of hydrogen-bond acceptors (Lipinski definition) is 6. The number of rotatable bonds is 8. The van der Waals surface area contributed by atoms with Crippen molar-refractivity contribution in [2.24, 2.45) is 0 Å². The van der Waals surface area contributed by atoms with E-state index in [0.717, 1.165) is 5.56 Å². The number of aliphatic hydroxyl groups is 1. The molecule has 1 amide bonds. The molecule has 0 aromatic heterocycles. The Labute approximate surface area is 158 Å². The molecule has 2 aliphatic heterocycles. The zero-order valence-corrected chi connectivity index (χ0v) is 15.0. The molecule has 2 aliphatic rings. The predicted octanol–water partition coefficient (Wildman–Crippen LogP) is 1.67. The number of ether oxygens (including phenoxy) is 4. The van der Waals surface area contributed by atoms with Crippen molar-refractivity contribution in [2.45, 2.75) is 31.5 Å². The minimum Gasteiger partial charge on any atom is -0.459 e. The molecule has 0 unspecified atom stereocenters. The van der Waals surface area contributed by atoms with Crippen molar-refractivity contribution in [3.8, 4) is 23.8 Å². The summed E-state index contributed by atoms with van der Waals surface area (Å²) < 4.78 is 22.3. The molecule has 0 fully saturated rings. The molecule has 0 bridgehead atoms. The number of amides is 1. The molecule has 0 saturated heterocycles. The third-order valence-electron chi connectivity index (χ3n) is 4.31. The summed E-state index contributed by atoms with van der Waals surface area (Å²) in [5.74, 6) is 3.49. The largest absolute Gasteiger partial charge is 0.459 e. The predicted molar refractivity (Wildman–Crippen MR) is 97.0 cm³/mol. The highest BCUT2D eigenvalue weighted by molar-refractivity contribution is 5.91. The molecule has 2 heterocycles. The number of carbonyl (C=O) groups excluding carboxylic acids is 1. The molecule has 0 aliphatic carbocycles. The van der Waals surface area contributed by atoms with E-state index in [9.17, 15) is 4.79 Å². The normalized spacial score (nSPS) is 20.4. The molecule has 3 rings (SSSR count). The van der Waals surface area contributed by atoms with Crippen LogP contribution in [0.1, 0.15) is 30.7 Å². The fraction of sp³-hybridized carbons (Fsp3) is 0.450. The maximum absolute atomic E-state index is 12.3. The minimum absolute atomic E-state index is 0.0809. The number of benzene rings is 1. The van der Waals surface area contributed by atoms with Gasteiger partial charge in [-0.3, -0.25) is 4.79 Å². The van der Waals surface area contributed by atoms with E-state index in [4.69, 9.17) is 30.5 Å². The number of carbonyl (C=O) groups is 1. The van der Waals surface area contributed by atoms with Gasteiger partial charge >= 0.3 is 0 Å². The van der Waals surface area contributed by atoms with Crippen LogP contribution in [0.4, 0.5) is 0 Å². The monoisotopic (exact) mass is 373 g/mol. The zero-order valence-electron chi connectivity index (χ0n) is 15.0. The van der Waals surface area contributed by atoms with Crippen LogP contribution in [0.2, 0.25) is 0 Å². The molecule has 1 aromatic rings. The third-order valence-corrected chi connectivity index (χ3v) is 4.31. The summed E-state index contributed by atoms with van der Waals surface area (Å²) in [5.41, 5.74) is 0.980. The first-order valence-corrected chi connectivity index (χ1v) is 8.93.